The van der Waals surface area contributed by atoms with Crippen molar-refractivity contribution in [2.75, 3.05) is 32.1 Å². The molecule has 0 bridgehead atoms. The maximum absolute atomic E-state index is 12.0. The molecule has 0 aromatic carbocycles. The predicted octanol–water partition coefficient (Wildman–Crippen LogP) is 1.23. The van der Waals surface area contributed by atoms with E-state index in [4.69, 9.17) is 4.74 Å². The lowest BCUT2D eigenvalue weighted by molar-refractivity contribution is 0.0655. The summed E-state index contributed by atoms with van der Waals surface area (Å²) in [7, 11) is -2.97. The SMILES string of the molecule is O=S(=O)(CCC1CCOCC1)N1CCCC1. The number of hydrogen-bond acceptors (Lipinski definition) is 3. The number of hydrogen-bond donors (Lipinski definition) is 0. The Morgan fingerprint density at radius 2 is 1.75 bits per heavy atom. The molecule has 16 heavy (non-hydrogen) atoms. The van der Waals surface area contributed by atoms with E-state index < -0.39 is 10.0 Å². The third-order valence-corrected chi connectivity index (χ3v) is 5.49. The van der Waals surface area contributed by atoms with Crippen molar-refractivity contribution in [1.82, 2.24) is 4.31 Å². The van der Waals surface area contributed by atoms with Crippen LogP contribution in [0, 0.1) is 5.92 Å². The van der Waals surface area contributed by atoms with E-state index in [1.165, 1.54) is 0 Å². The summed E-state index contributed by atoms with van der Waals surface area (Å²) in [6, 6.07) is 0. The molecule has 0 N–H and O–H groups in total. The van der Waals surface area contributed by atoms with E-state index in [0.29, 0.717) is 11.7 Å². The Labute approximate surface area is 98.0 Å². The highest BCUT2D eigenvalue weighted by atomic mass is 32.2. The molecule has 2 fully saturated rings. The van der Waals surface area contributed by atoms with Gasteiger partial charge in [-0.1, -0.05) is 0 Å². The lowest BCUT2D eigenvalue weighted by atomic mass is 9.98. The molecule has 2 rings (SSSR count). The second kappa shape index (κ2) is 5.47. The molecule has 0 amide bonds. The number of ether oxygens (including phenoxy) is 1. The summed E-state index contributed by atoms with van der Waals surface area (Å²) in [5, 5.41) is 0. The molecule has 2 heterocycles. The minimum absolute atomic E-state index is 0.331. The first-order valence-corrected chi connectivity index (χ1v) is 7.85. The van der Waals surface area contributed by atoms with Gasteiger partial charge < -0.3 is 4.74 Å². The minimum Gasteiger partial charge on any atom is -0.381 e. The van der Waals surface area contributed by atoms with Crippen LogP contribution in [-0.2, 0) is 14.8 Å². The molecule has 0 radical (unpaired) electrons. The van der Waals surface area contributed by atoms with Gasteiger partial charge in [0.1, 0.15) is 0 Å². The summed E-state index contributed by atoms with van der Waals surface area (Å²) in [4.78, 5) is 0. The average molecular weight is 247 g/mol. The van der Waals surface area contributed by atoms with E-state index in [0.717, 1.165) is 58.4 Å². The van der Waals surface area contributed by atoms with Crippen molar-refractivity contribution in [1.29, 1.82) is 0 Å². The summed E-state index contributed by atoms with van der Waals surface area (Å²) in [6.45, 7) is 3.06. The predicted molar refractivity (Wildman–Crippen MR) is 62.8 cm³/mol. The van der Waals surface area contributed by atoms with Crippen LogP contribution in [0.3, 0.4) is 0 Å². The van der Waals surface area contributed by atoms with Gasteiger partial charge >= 0.3 is 0 Å². The van der Waals surface area contributed by atoms with Gasteiger partial charge in [-0.25, -0.2) is 12.7 Å². The zero-order chi connectivity index (χ0) is 11.4. The Kier molecular flexibility index (Phi) is 4.21. The molecule has 2 aliphatic rings. The Morgan fingerprint density at radius 3 is 2.38 bits per heavy atom. The summed E-state index contributed by atoms with van der Waals surface area (Å²) >= 11 is 0. The Hall–Kier alpha value is -0.130. The zero-order valence-electron chi connectivity index (χ0n) is 9.73. The van der Waals surface area contributed by atoms with Gasteiger partial charge in [-0.05, 0) is 38.0 Å². The Balaban J connectivity index is 1.79. The summed E-state index contributed by atoms with van der Waals surface area (Å²) in [5.74, 6) is 0.878. The Bertz CT molecular complexity index is 303. The normalized spacial score (nSPS) is 25.0. The van der Waals surface area contributed by atoms with Crippen LogP contribution in [0.2, 0.25) is 0 Å². The summed E-state index contributed by atoms with van der Waals surface area (Å²) < 4.78 is 30.9. The van der Waals surface area contributed by atoms with Gasteiger partial charge in [-0.15, -0.1) is 0 Å². The van der Waals surface area contributed by atoms with Crippen LogP contribution in [-0.4, -0.2) is 44.8 Å². The van der Waals surface area contributed by atoms with Crippen LogP contribution in [0.25, 0.3) is 0 Å². The third-order valence-electron chi connectivity index (χ3n) is 3.58. The lowest BCUT2D eigenvalue weighted by Crippen LogP contribution is -2.31. The fourth-order valence-corrected chi connectivity index (χ4v) is 4.15. The first-order chi connectivity index (χ1) is 7.68. The molecule has 0 unspecified atom stereocenters. The zero-order valence-corrected chi connectivity index (χ0v) is 10.5. The standard InChI is InChI=1S/C11H21NO3S/c13-16(14,12-6-1-2-7-12)10-5-11-3-8-15-9-4-11/h11H,1-10H2. The molecule has 94 valence electrons. The highest BCUT2D eigenvalue weighted by molar-refractivity contribution is 7.89. The van der Waals surface area contributed by atoms with E-state index in [1.54, 1.807) is 4.31 Å². The quantitative estimate of drug-likeness (QED) is 0.750. The van der Waals surface area contributed by atoms with Crippen LogP contribution >= 0.6 is 0 Å². The van der Waals surface area contributed by atoms with Gasteiger partial charge in [-0.3, -0.25) is 0 Å². The molecule has 0 aromatic heterocycles. The highest BCUT2D eigenvalue weighted by Gasteiger charge is 2.26. The molecule has 4 nitrogen and oxygen atoms in total. The second-order valence-corrected chi connectivity index (χ2v) is 6.86. The molecule has 0 atom stereocenters. The summed E-state index contributed by atoms with van der Waals surface area (Å²) in [5.41, 5.74) is 0. The van der Waals surface area contributed by atoms with E-state index in [9.17, 15) is 8.42 Å². The largest absolute Gasteiger partial charge is 0.381 e. The maximum atomic E-state index is 12.0. The minimum atomic E-state index is -2.97. The molecular formula is C11H21NO3S. The molecule has 2 saturated heterocycles. The van der Waals surface area contributed by atoms with Crippen LogP contribution in [0.5, 0.6) is 0 Å². The van der Waals surface area contributed by atoms with Gasteiger partial charge in [-0.2, -0.15) is 0 Å². The van der Waals surface area contributed by atoms with Crippen molar-refractivity contribution in [3.05, 3.63) is 0 Å². The van der Waals surface area contributed by atoms with Crippen LogP contribution in [0.15, 0.2) is 0 Å². The molecular weight excluding hydrogens is 226 g/mol. The molecule has 2 aliphatic heterocycles. The average Bonchev–Trinajstić information content (AvgIpc) is 2.82. The van der Waals surface area contributed by atoms with Gasteiger partial charge in [0.25, 0.3) is 0 Å². The van der Waals surface area contributed by atoms with Crippen molar-refractivity contribution in [3.8, 4) is 0 Å². The fraction of sp³-hybridized carbons (Fsp3) is 1.00. The lowest BCUT2D eigenvalue weighted by Gasteiger charge is -2.23. The fourth-order valence-electron chi connectivity index (χ4n) is 2.45. The number of nitrogens with zero attached hydrogens (tertiary/aromatic N) is 1. The number of sulfonamides is 1. The van der Waals surface area contributed by atoms with Crippen LogP contribution in [0.4, 0.5) is 0 Å². The van der Waals surface area contributed by atoms with E-state index in [-0.39, 0.29) is 0 Å². The van der Waals surface area contributed by atoms with Gasteiger partial charge in [0, 0.05) is 26.3 Å². The van der Waals surface area contributed by atoms with Crippen molar-refractivity contribution in [3.63, 3.8) is 0 Å². The first-order valence-electron chi connectivity index (χ1n) is 6.24. The second-order valence-electron chi connectivity index (χ2n) is 4.77. The third kappa shape index (κ3) is 3.18. The smallest absolute Gasteiger partial charge is 0.214 e. The van der Waals surface area contributed by atoms with Gasteiger partial charge in [0.15, 0.2) is 0 Å². The molecule has 0 saturated carbocycles. The van der Waals surface area contributed by atoms with E-state index in [1.807, 2.05) is 0 Å². The molecule has 0 aromatic rings. The number of rotatable bonds is 4. The summed E-state index contributed by atoms with van der Waals surface area (Å²) in [6.07, 6.45) is 4.90. The Morgan fingerprint density at radius 1 is 1.12 bits per heavy atom. The monoisotopic (exact) mass is 247 g/mol. The van der Waals surface area contributed by atoms with E-state index in [2.05, 4.69) is 0 Å². The maximum Gasteiger partial charge on any atom is 0.214 e. The van der Waals surface area contributed by atoms with Crippen LogP contribution in [0.1, 0.15) is 32.1 Å². The van der Waals surface area contributed by atoms with Gasteiger partial charge in [0.2, 0.25) is 10.0 Å². The topological polar surface area (TPSA) is 46.6 Å². The van der Waals surface area contributed by atoms with Crippen LogP contribution < -0.4 is 0 Å². The van der Waals surface area contributed by atoms with Crippen molar-refractivity contribution in [2.45, 2.75) is 32.1 Å². The van der Waals surface area contributed by atoms with Crippen molar-refractivity contribution in [2.24, 2.45) is 5.92 Å². The van der Waals surface area contributed by atoms with Crippen molar-refractivity contribution < 1.29 is 13.2 Å². The van der Waals surface area contributed by atoms with Crippen molar-refractivity contribution >= 4 is 10.0 Å². The molecule has 5 heteroatoms. The van der Waals surface area contributed by atoms with Gasteiger partial charge in [0.05, 0.1) is 5.75 Å². The highest BCUT2D eigenvalue weighted by Crippen LogP contribution is 2.21. The first kappa shape index (κ1) is 12.3. The molecule has 0 spiro atoms. The molecule has 0 aliphatic carbocycles. The van der Waals surface area contributed by atoms with E-state index >= 15 is 0 Å².